The molecule has 0 radical (unpaired) electrons. The lowest BCUT2D eigenvalue weighted by molar-refractivity contribution is 0.0779. The number of terminal acetylenes is 1. The van der Waals surface area contributed by atoms with E-state index in [9.17, 15) is 4.79 Å². The number of hydrogen-bond donors (Lipinski definition) is 0. The van der Waals surface area contributed by atoms with Crippen LogP contribution in [0, 0.1) is 12.3 Å². The van der Waals surface area contributed by atoms with Gasteiger partial charge in [-0.1, -0.05) is 26.7 Å². The van der Waals surface area contributed by atoms with E-state index in [4.69, 9.17) is 10.8 Å². The Kier molecular flexibility index (Phi) is 6.33. The highest BCUT2D eigenvalue weighted by Crippen LogP contribution is 2.19. The van der Waals surface area contributed by atoms with Gasteiger partial charge >= 0.3 is 0 Å². The molecule has 0 N–H and O–H groups in total. The van der Waals surface area contributed by atoms with Crippen LogP contribution < -0.4 is 0 Å². The SMILES string of the molecule is C#CCN(C)C(=O)c1cc(CN(CC)CC)c(CC)o1. The Hall–Kier alpha value is -1.73. The smallest absolute Gasteiger partial charge is 0.290 e. The van der Waals surface area contributed by atoms with Crippen molar-refractivity contribution in [3.8, 4) is 12.3 Å². The van der Waals surface area contributed by atoms with Crippen LogP contribution in [0.1, 0.15) is 42.6 Å². The Balaban J connectivity index is 2.94. The molecule has 1 aromatic rings. The van der Waals surface area contributed by atoms with Crippen molar-refractivity contribution >= 4 is 5.91 Å². The average Bonchev–Trinajstić information content (AvgIpc) is 2.86. The lowest BCUT2D eigenvalue weighted by Crippen LogP contribution is -2.26. The quantitative estimate of drug-likeness (QED) is 0.718. The van der Waals surface area contributed by atoms with E-state index in [-0.39, 0.29) is 12.5 Å². The Bertz CT molecular complexity index is 481. The highest BCUT2D eigenvalue weighted by Gasteiger charge is 2.19. The molecule has 0 fully saturated rings. The third-order valence-electron chi connectivity index (χ3n) is 3.39. The molecule has 0 aliphatic rings. The Morgan fingerprint density at radius 2 is 2.00 bits per heavy atom. The normalized spacial score (nSPS) is 10.6. The Labute approximate surface area is 121 Å². The van der Waals surface area contributed by atoms with Crippen LogP contribution in [-0.4, -0.2) is 42.4 Å². The van der Waals surface area contributed by atoms with E-state index in [1.54, 1.807) is 7.05 Å². The van der Waals surface area contributed by atoms with E-state index in [0.29, 0.717) is 5.76 Å². The van der Waals surface area contributed by atoms with Gasteiger partial charge in [-0.25, -0.2) is 0 Å². The van der Waals surface area contributed by atoms with Gasteiger partial charge in [-0.2, -0.15) is 0 Å². The minimum atomic E-state index is -0.163. The van der Waals surface area contributed by atoms with Crippen LogP contribution in [0.5, 0.6) is 0 Å². The van der Waals surface area contributed by atoms with Crippen molar-refractivity contribution < 1.29 is 9.21 Å². The molecule has 0 unspecified atom stereocenters. The van der Waals surface area contributed by atoms with Crippen molar-refractivity contribution in [2.24, 2.45) is 0 Å². The first kappa shape index (κ1) is 16.3. The third kappa shape index (κ3) is 3.88. The molecule has 0 aliphatic carbocycles. The Morgan fingerprint density at radius 3 is 2.50 bits per heavy atom. The van der Waals surface area contributed by atoms with Gasteiger partial charge in [0.15, 0.2) is 5.76 Å². The number of nitrogens with zero attached hydrogens (tertiary/aromatic N) is 2. The molecule has 0 bridgehead atoms. The number of amides is 1. The molecule has 0 aliphatic heterocycles. The van der Waals surface area contributed by atoms with Gasteiger partial charge in [0.2, 0.25) is 0 Å². The summed E-state index contributed by atoms with van der Waals surface area (Å²) in [6.07, 6.45) is 6.01. The van der Waals surface area contributed by atoms with Crippen molar-refractivity contribution in [2.75, 3.05) is 26.7 Å². The molecule has 1 amide bonds. The van der Waals surface area contributed by atoms with Gasteiger partial charge in [0.25, 0.3) is 5.91 Å². The summed E-state index contributed by atoms with van der Waals surface area (Å²) < 4.78 is 5.70. The van der Waals surface area contributed by atoms with Crippen LogP contribution >= 0.6 is 0 Å². The van der Waals surface area contributed by atoms with Crippen molar-refractivity contribution in [3.05, 3.63) is 23.2 Å². The molecule has 0 spiro atoms. The molecule has 0 saturated carbocycles. The zero-order valence-electron chi connectivity index (χ0n) is 12.9. The molecular formula is C16H24N2O2. The topological polar surface area (TPSA) is 36.7 Å². The second kappa shape index (κ2) is 7.76. The van der Waals surface area contributed by atoms with Crippen LogP contribution in [0.4, 0.5) is 0 Å². The molecule has 4 nitrogen and oxygen atoms in total. The van der Waals surface area contributed by atoms with E-state index < -0.39 is 0 Å². The van der Waals surface area contributed by atoms with Crippen LogP contribution in [-0.2, 0) is 13.0 Å². The van der Waals surface area contributed by atoms with Gasteiger partial charge in [0.1, 0.15) is 5.76 Å². The first-order chi connectivity index (χ1) is 9.57. The predicted molar refractivity (Wildman–Crippen MR) is 80.5 cm³/mol. The van der Waals surface area contributed by atoms with Gasteiger partial charge in [-0.15, -0.1) is 6.42 Å². The maximum atomic E-state index is 12.2. The molecule has 1 heterocycles. The first-order valence-electron chi connectivity index (χ1n) is 7.10. The van der Waals surface area contributed by atoms with Crippen molar-refractivity contribution in [1.29, 1.82) is 0 Å². The molecule has 110 valence electrons. The summed E-state index contributed by atoms with van der Waals surface area (Å²) in [6.45, 7) is 9.34. The lowest BCUT2D eigenvalue weighted by atomic mass is 10.2. The van der Waals surface area contributed by atoms with Gasteiger partial charge < -0.3 is 9.32 Å². The van der Waals surface area contributed by atoms with Crippen molar-refractivity contribution in [1.82, 2.24) is 9.80 Å². The highest BCUT2D eigenvalue weighted by molar-refractivity contribution is 5.91. The first-order valence-corrected chi connectivity index (χ1v) is 7.10. The van der Waals surface area contributed by atoms with Gasteiger partial charge in [-0.3, -0.25) is 9.69 Å². The average molecular weight is 276 g/mol. The van der Waals surface area contributed by atoms with E-state index in [0.717, 1.165) is 37.4 Å². The second-order valence-electron chi connectivity index (χ2n) is 4.74. The number of hydrogen-bond acceptors (Lipinski definition) is 3. The summed E-state index contributed by atoms with van der Waals surface area (Å²) in [4.78, 5) is 15.9. The summed E-state index contributed by atoms with van der Waals surface area (Å²) in [5.74, 6) is 3.56. The zero-order valence-corrected chi connectivity index (χ0v) is 12.9. The maximum Gasteiger partial charge on any atom is 0.290 e. The molecule has 4 heteroatoms. The van der Waals surface area contributed by atoms with Crippen LogP contribution in [0.3, 0.4) is 0 Å². The number of carbonyl (C=O) groups is 1. The molecule has 0 atom stereocenters. The molecule has 0 aromatic carbocycles. The number of carbonyl (C=O) groups excluding carboxylic acids is 1. The molecule has 0 saturated heterocycles. The van der Waals surface area contributed by atoms with Crippen LogP contribution in [0.2, 0.25) is 0 Å². The minimum absolute atomic E-state index is 0.163. The minimum Gasteiger partial charge on any atom is -0.456 e. The van der Waals surface area contributed by atoms with Crippen molar-refractivity contribution in [3.63, 3.8) is 0 Å². The third-order valence-corrected chi connectivity index (χ3v) is 3.39. The molecule has 20 heavy (non-hydrogen) atoms. The van der Waals surface area contributed by atoms with E-state index in [1.165, 1.54) is 4.90 Å². The maximum absolute atomic E-state index is 12.2. The monoisotopic (exact) mass is 276 g/mol. The van der Waals surface area contributed by atoms with Crippen LogP contribution in [0.25, 0.3) is 0 Å². The summed E-state index contributed by atoms with van der Waals surface area (Å²) in [7, 11) is 1.68. The molecule has 1 rings (SSSR count). The molecule has 1 aromatic heterocycles. The fourth-order valence-corrected chi connectivity index (χ4v) is 2.09. The fourth-order valence-electron chi connectivity index (χ4n) is 2.09. The van der Waals surface area contributed by atoms with Crippen LogP contribution in [0.15, 0.2) is 10.5 Å². The van der Waals surface area contributed by atoms with Gasteiger partial charge in [0, 0.05) is 25.6 Å². The lowest BCUT2D eigenvalue weighted by Gasteiger charge is -2.17. The summed E-state index contributed by atoms with van der Waals surface area (Å²) in [6, 6.07) is 1.85. The number of rotatable bonds is 7. The highest BCUT2D eigenvalue weighted by atomic mass is 16.4. The van der Waals surface area contributed by atoms with E-state index in [2.05, 4.69) is 24.7 Å². The van der Waals surface area contributed by atoms with Gasteiger partial charge in [-0.05, 0) is 19.2 Å². The summed E-state index contributed by atoms with van der Waals surface area (Å²) in [5.41, 5.74) is 1.09. The van der Waals surface area contributed by atoms with Gasteiger partial charge in [0.05, 0.1) is 6.54 Å². The zero-order chi connectivity index (χ0) is 15.1. The number of furan rings is 1. The van der Waals surface area contributed by atoms with Crippen molar-refractivity contribution in [2.45, 2.75) is 33.7 Å². The predicted octanol–water partition coefficient (Wildman–Crippen LogP) is 2.39. The van der Waals surface area contributed by atoms with E-state index in [1.807, 2.05) is 13.0 Å². The largest absolute Gasteiger partial charge is 0.456 e. The Morgan fingerprint density at radius 1 is 1.35 bits per heavy atom. The fraction of sp³-hybridized carbons (Fsp3) is 0.562. The summed E-state index contributed by atoms with van der Waals surface area (Å²) in [5, 5.41) is 0. The molecular weight excluding hydrogens is 252 g/mol. The number of aryl methyl sites for hydroxylation is 1. The van der Waals surface area contributed by atoms with E-state index >= 15 is 0 Å². The second-order valence-corrected chi connectivity index (χ2v) is 4.74. The summed E-state index contributed by atoms with van der Waals surface area (Å²) >= 11 is 0. The standard InChI is InChI=1S/C16H24N2O2/c1-6-10-17(5)16(19)15-11-13(14(7-2)20-15)12-18(8-3)9-4/h1,11H,7-10,12H2,2-5H3.